The first-order valence-electron chi connectivity index (χ1n) is 6.25. The van der Waals surface area contributed by atoms with E-state index in [0.717, 1.165) is 6.42 Å². The monoisotopic (exact) mass is 285 g/mol. The number of aromatic hydroxyl groups is 1. The molecule has 0 heterocycles. The molecule has 0 aliphatic carbocycles. The van der Waals surface area contributed by atoms with Crippen LogP contribution in [0, 0.1) is 0 Å². The zero-order valence-corrected chi connectivity index (χ0v) is 12.3. The lowest BCUT2D eigenvalue weighted by Gasteiger charge is -2.27. The van der Waals surface area contributed by atoms with Crippen LogP contribution in [0.25, 0.3) is 0 Å². The third-order valence-electron chi connectivity index (χ3n) is 2.87. The third-order valence-corrected chi connectivity index (χ3v) is 3.13. The van der Waals surface area contributed by atoms with Gasteiger partial charge in [-0.25, -0.2) is 0 Å². The molecule has 0 radical (unpaired) electrons. The van der Waals surface area contributed by atoms with Gasteiger partial charge in [0.25, 0.3) is 5.91 Å². The van der Waals surface area contributed by atoms with E-state index in [2.05, 4.69) is 0 Å². The van der Waals surface area contributed by atoms with E-state index in [9.17, 15) is 9.90 Å². The van der Waals surface area contributed by atoms with Crippen LogP contribution in [-0.4, -0.2) is 41.5 Å². The molecule has 1 amide bonds. The highest BCUT2D eigenvalue weighted by molar-refractivity contribution is 6.17. The summed E-state index contributed by atoms with van der Waals surface area (Å²) in [4.78, 5) is 14.1. The lowest BCUT2D eigenvalue weighted by Crippen LogP contribution is -2.37. The highest BCUT2D eigenvalue weighted by Gasteiger charge is 2.22. The number of amides is 1. The predicted molar refractivity (Wildman–Crippen MR) is 76.2 cm³/mol. The largest absolute Gasteiger partial charge is 0.504 e. The number of para-hydroxylation sites is 1. The Labute approximate surface area is 118 Å². The molecule has 0 unspecified atom stereocenters. The molecular weight excluding hydrogens is 266 g/mol. The molecule has 0 bridgehead atoms. The lowest BCUT2D eigenvalue weighted by molar-refractivity contribution is 0.0702. The summed E-state index contributed by atoms with van der Waals surface area (Å²) in [6.45, 7) is 4.43. The molecular formula is C14H20ClNO3. The molecule has 106 valence electrons. The van der Waals surface area contributed by atoms with Gasteiger partial charge in [0.1, 0.15) is 0 Å². The van der Waals surface area contributed by atoms with E-state index in [0.29, 0.717) is 18.2 Å². The smallest absolute Gasteiger partial charge is 0.257 e. The van der Waals surface area contributed by atoms with Crippen LogP contribution in [0.15, 0.2) is 18.2 Å². The standard InChI is InChI=1S/C14H20ClNO3/c1-10(2)16(9-5-8-15)14(18)11-6-4-7-12(19-3)13(11)17/h4,6-7,10,17H,5,8-9H2,1-3H3. The fourth-order valence-electron chi connectivity index (χ4n) is 1.84. The first kappa shape index (κ1) is 15.6. The SMILES string of the molecule is COc1cccc(C(=O)N(CCCCl)C(C)C)c1O. The maximum Gasteiger partial charge on any atom is 0.257 e. The second kappa shape index (κ2) is 7.24. The van der Waals surface area contributed by atoms with Crippen molar-refractivity contribution in [2.24, 2.45) is 0 Å². The summed E-state index contributed by atoms with van der Waals surface area (Å²) < 4.78 is 5.02. The minimum atomic E-state index is -0.212. The van der Waals surface area contributed by atoms with Gasteiger partial charge >= 0.3 is 0 Å². The number of phenolic OH excluding ortho intramolecular Hbond substituents is 1. The van der Waals surface area contributed by atoms with Crippen molar-refractivity contribution in [3.63, 3.8) is 0 Å². The van der Waals surface area contributed by atoms with E-state index < -0.39 is 0 Å². The number of nitrogens with zero attached hydrogens (tertiary/aromatic N) is 1. The zero-order valence-electron chi connectivity index (χ0n) is 11.5. The van der Waals surface area contributed by atoms with E-state index in [1.165, 1.54) is 7.11 Å². The van der Waals surface area contributed by atoms with Crippen LogP contribution in [0.3, 0.4) is 0 Å². The Balaban J connectivity index is 3.02. The molecule has 0 aliphatic rings. The van der Waals surface area contributed by atoms with Gasteiger partial charge < -0.3 is 14.7 Å². The Morgan fingerprint density at radius 2 is 2.16 bits per heavy atom. The van der Waals surface area contributed by atoms with Crippen LogP contribution >= 0.6 is 11.6 Å². The minimum Gasteiger partial charge on any atom is -0.504 e. The average Bonchev–Trinajstić information content (AvgIpc) is 2.38. The molecule has 1 aromatic rings. The predicted octanol–water partition coefficient (Wildman–Crippen LogP) is 2.88. The second-order valence-electron chi connectivity index (χ2n) is 4.49. The zero-order chi connectivity index (χ0) is 14.4. The Bertz CT molecular complexity index is 435. The van der Waals surface area contributed by atoms with Crippen molar-refractivity contribution in [1.82, 2.24) is 4.90 Å². The van der Waals surface area contributed by atoms with Crippen molar-refractivity contribution < 1.29 is 14.6 Å². The molecule has 5 heteroatoms. The van der Waals surface area contributed by atoms with Crippen molar-refractivity contribution in [3.8, 4) is 11.5 Å². The molecule has 0 saturated heterocycles. The Morgan fingerprint density at radius 3 is 2.68 bits per heavy atom. The van der Waals surface area contributed by atoms with E-state index in [1.54, 1.807) is 23.1 Å². The maximum atomic E-state index is 12.4. The summed E-state index contributed by atoms with van der Waals surface area (Å²) in [6.07, 6.45) is 0.718. The number of hydrogen-bond donors (Lipinski definition) is 1. The third kappa shape index (κ3) is 3.77. The quantitative estimate of drug-likeness (QED) is 0.818. The van der Waals surface area contributed by atoms with Crippen LogP contribution in [0.4, 0.5) is 0 Å². The molecule has 19 heavy (non-hydrogen) atoms. The van der Waals surface area contributed by atoms with Crippen LogP contribution in [0.1, 0.15) is 30.6 Å². The van der Waals surface area contributed by atoms with Crippen molar-refractivity contribution in [2.45, 2.75) is 26.3 Å². The summed E-state index contributed by atoms with van der Waals surface area (Å²) in [5, 5.41) is 10.0. The normalized spacial score (nSPS) is 10.6. The number of methoxy groups -OCH3 is 1. The fraction of sp³-hybridized carbons (Fsp3) is 0.500. The molecule has 0 atom stereocenters. The van der Waals surface area contributed by atoms with Crippen LogP contribution < -0.4 is 4.74 Å². The van der Waals surface area contributed by atoms with Gasteiger partial charge in [0, 0.05) is 18.5 Å². The number of hydrogen-bond acceptors (Lipinski definition) is 3. The molecule has 0 saturated carbocycles. The maximum absolute atomic E-state index is 12.4. The van der Waals surface area contributed by atoms with Gasteiger partial charge in [-0.2, -0.15) is 0 Å². The lowest BCUT2D eigenvalue weighted by atomic mass is 10.1. The first-order chi connectivity index (χ1) is 9.02. The van der Waals surface area contributed by atoms with Crippen LogP contribution in [0.2, 0.25) is 0 Å². The van der Waals surface area contributed by atoms with Gasteiger partial charge in [0.2, 0.25) is 0 Å². The van der Waals surface area contributed by atoms with Crippen molar-refractivity contribution in [3.05, 3.63) is 23.8 Å². The number of ether oxygens (including phenoxy) is 1. The Kier molecular flexibility index (Phi) is 5.96. The van der Waals surface area contributed by atoms with Crippen molar-refractivity contribution in [1.29, 1.82) is 0 Å². The van der Waals surface area contributed by atoms with E-state index in [4.69, 9.17) is 16.3 Å². The number of carbonyl (C=O) groups is 1. The van der Waals surface area contributed by atoms with E-state index >= 15 is 0 Å². The first-order valence-corrected chi connectivity index (χ1v) is 6.79. The molecule has 0 fully saturated rings. The highest BCUT2D eigenvalue weighted by Crippen LogP contribution is 2.30. The summed E-state index contributed by atoms with van der Waals surface area (Å²) >= 11 is 5.67. The molecule has 0 spiro atoms. The van der Waals surface area contributed by atoms with E-state index in [-0.39, 0.29) is 23.3 Å². The number of benzene rings is 1. The molecule has 1 rings (SSSR count). The number of halogens is 1. The summed E-state index contributed by atoms with van der Waals surface area (Å²) in [6, 6.07) is 4.94. The highest BCUT2D eigenvalue weighted by atomic mass is 35.5. The van der Waals surface area contributed by atoms with Crippen LogP contribution in [0.5, 0.6) is 11.5 Å². The number of rotatable bonds is 6. The van der Waals surface area contributed by atoms with Gasteiger partial charge in [-0.1, -0.05) is 6.07 Å². The van der Waals surface area contributed by atoms with Gasteiger partial charge in [-0.05, 0) is 32.4 Å². The molecule has 0 aromatic heterocycles. The fourth-order valence-corrected chi connectivity index (χ4v) is 1.96. The number of alkyl halides is 1. The average molecular weight is 286 g/mol. The molecule has 1 aromatic carbocycles. The second-order valence-corrected chi connectivity index (χ2v) is 4.87. The minimum absolute atomic E-state index is 0.0429. The summed E-state index contributed by atoms with van der Waals surface area (Å²) in [7, 11) is 1.46. The van der Waals surface area contributed by atoms with Gasteiger partial charge in [-0.15, -0.1) is 11.6 Å². The molecule has 0 aliphatic heterocycles. The van der Waals surface area contributed by atoms with Gasteiger partial charge in [0.05, 0.1) is 12.7 Å². The number of phenols is 1. The van der Waals surface area contributed by atoms with Crippen LogP contribution in [-0.2, 0) is 0 Å². The van der Waals surface area contributed by atoms with Crippen molar-refractivity contribution in [2.75, 3.05) is 19.5 Å². The van der Waals surface area contributed by atoms with Gasteiger partial charge in [0.15, 0.2) is 11.5 Å². The van der Waals surface area contributed by atoms with E-state index in [1.807, 2.05) is 13.8 Å². The molecule has 4 nitrogen and oxygen atoms in total. The van der Waals surface area contributed by atoms with Crippen molar-refractivity contribution >= 4 is 17.5 Å². The summed E-state index contributed by atoms with van der Waals surface area (Å²) in [5.41, 5.74) is 0.252. The Morgan fingerprint density at radius 1 is 1.47 bits per heavy atom. The topological polar surface area (TPSA) is 49.8 Å². The summed E-state index contributed by atoms with van der Waals surface area (Å²) in [5.74, 6) is 0.468. The van der Waals surface area contributed by atoms with Gasteiger partial charge in [-0.3, -0.25) is 4.79 Å². The molecule has 1 N–H and O–H groups in total. The number of carbonyl (C=O) groups excluding carboxylic acids is 1. The Hall–Kier alpha value is -1.42.